The molecule has 1 aliphatic carbocycles. The topological polar surface area (TPSA) is 60.5 Å². The highest BCUT2D eigenvalue weighted by molar-refractivity contribution is 6.13. The van der Waals surface area contributed by atoms with Gasteiger partial charge >= 0.3 is 0 Å². The van der Waals surface area contributed by atoms with Crippen LogP contribution in [0.15, 0.2) is 192 Å². The van der Waals surface area contributed by atoms with Gasteiger partial charge in [-0.2, -0.15) is 5.26 Å². The van der Waals surface area contributed by atoms with E-state index < -0.39 is 0 Å². The Labute approximate surface area is 333 Å². The molecule has 0 spiro atoms. The Morgan fingerprint density at radius 3 is 1.70 bits per heavy atom. The Hall–Kier alpha value is -7.35. The first-order valence-corrected chi connectivity index (χ1v) is 19.4. The van der Waals surface area contributed by atoms with E-state index >= 15 is 0 Å². The van der Waals surface area contributed by atoms with Gasteiger partial charge in [0, 0.05) is 16.5 Å². The molecule has 8 aromatic rings. The highest BCUT2D eigenvalue weighted by atomic mass is 15.2. The van der Waals surface area contributed by atoms with Crippen molar-refractivity contribution in [3.05, 3.63) is 215 Å². The van der Waals surface area contributed by atoms with Crippen molar-refractivity contribution >= 4 is 22.4 Å². The minimum absolute atomic E-state index is 0.179. The fourth-order valence-corrected chi connectivity index (χ4v) is 8.65. The fraction of sp³-hybridized carbons (Fsp3) is 0.0755. The molecule has 0 saturated heterocycles. The summed E-state index contributed by atoms with van der Waals surface area (Å²) in [4.78, 5) is 10.00. The van der Waals surface area contributed by atoms with Gasteiger partial charge in [-0.1, -0.05) is 184 Å². The highest BCUT2D eigenvalue weighted by Crippen LogP contribution is 2.52. The van der Waals surface area contributed by atoms with E-state index in [0.717, 1.165) is 28.1 Å². The van der Waals surface area contributed by atoms with Crippen molar-refractivity contribution in [2.24, 2.45) is 9.98 Å². The van der Waals surface area contributed by atoms with Crippen LogP contribution in [0, 0.1) is 11.3 Å². The number of benzene rings is 8. The molecule has 1 atom stereocenters. The third kappa shape index (κ3) is 5.93. The van der Waals surface area contributed by atoms with Gasteiger partial charge in [-0.3, -0.25) is 0 Å². The maximum absolute atomic E-state index is 9.62. The van der Waals surface area contributed by atoms with Gasteiger partial charge in [0.15, 0.2) is 5.84 Å². The molecule has 2 aliphatic rings. The van der Waals surface area contributed by atoms with Crippen molar-refractivity contribution < 1.29 is 0 Å². The Bertz CT molecular complexity index is 2930. The Balaban J connectivity index is 0.967. The lowest BCUT2D eigenvalue weighted by Crippen LogP contribution is -2.33. The van der Waals surface area contributed by atoms with Crippen molar-refractivity contribution in [2.45, 2.75) is 25.4 Å². The van der Waals surface area contributed by atoms with Crippen molar-refractivity contribution in [2.75, 3.05) is 0 Å². The second kappa shape index (κ2) is 13.7. The van der Waals surface area contributed by atoms with E-state index in [1.807, 2.05) is 42.5 Å². The summed E-state index contributed by atoms with van der Waals surface area (Å²) in [6, 6.07) is 66.5. The Kier molecular flexibility index (Phi) is 8.24. The second-order valence-corrected chi connectivity index (χ2v) is 15.3. The summed E-state index contributed by atoms with van der Waals surface area (Å²) in [7, 11) is 0. The molecule has 0 saturated carbocycles. The molecule has 57 heavy (non-hydrogen) atoms. The number of nitrogens with zero attached hydrogens (tertiary/aromatic N) is 3. The third-order valence-electron chi connectivity index (χ3n) is 11.6. The molecule has 4 heteroatoms. The SMILES string of the molecule is CC1(C)c2cc(C#N)ccc2-c2c(-c3ccc(-c4ccc(-c5ccc(C6N=C(c7ccccc7)N=C(c7ccccc7)N6)cc5)c5ccccc45)cc3)cccc21. The van der Waals surface area contributed by atoms with Crippen molar-refractivity contribution in [3.63, 3.8) is 0 Å². The zero-order valence-corrected chi connectivity index (χ0v) is 31.7. The first kappa shape index (κ1) is 34.2. The average molecular weight is 731 g/mol. The van der Waals surface area contributed by atoms with Crippen LogP contribution < -0.4 is 5.32 Å². The minimum Gasteiger partial charge on any atom is -0.344 e. The van der Waals surface area contributed by atoms with Gasteiger partial charge in [-0.15, -0.1) is 0 Å². The predicted octanol–water partition coefficient (Wildman–Crippen LogP) is 12.5. The molecule has 10 rings (SSSR count). The van der Waals surface area contributed by atoms with Crippen LogP contribution in [0.25, 0.3) is 55.3 Å². The van der Waals surface area contributed by atoms with E-state index in [0.29, 0.717) is 11.4 Å². The van der Waals surface area contributed by atoms with Gasteiger partial charge in [0.25, 0.3) is 0 Å². The molecule has 0 bridgehead atoms. The van der Waals surface area contributed by atoms with Crippen LogP contribution in [0.5, 0.6) is 0 Å². The molecule has 1 heterocycles. The zero-order valence-electron chi connectivity index (χ0n) is 31.7. The van der Waals surface area contributed by atoms with E-state index in [-0.39, 0.29) is 11.6 Å². The van der Waals surface area contributed by atoms with Gasteiger partial charge in [0.05, 0.1) is 11.6 Å². The molecular weight excluding hydrogens is 693 g/mol. The van der Waals surface area contributed by atoms with E-state index in [1.54, 1.807) is 0 Å². The number of nitriles is 1. The van der Waals surface area contributed by atoms with Crippen LogP contribution in [0.3, 0.4) is 0 Å². The summed E-state index contributed by atoms with van der Waals surface area (Å²) in [6.45, 7) is 4.52. The molecule has 8 aromatic carbocycles. The summed E-state index contributed by atoms with van der Waals surface area (Å²) in [6.07, 6.45) is -0.279. The molecule has 4 nitrogen and oxygen atoms in total. The van der Waals surface area contributed by atoms with Crippen LogP contribution in [-0.4, -0.2) is 11.7 Å². The van der Waals surface area contributed by atoms with Gasteiger partial charge in [-0.05, 0) is 84.1 Å². The lowest BCUT2D eigenvalue weighted by molar-refractivity contribution is 0.660. The number of hydrogen-bond donors (Lipinski definition) is 1. The summed E-state index contributed by atoms with van der Waals surface area (Å²) >= 11 is 0. The monoisotopic (exact) mass is 730 g/mol. The van der Waals surface area contributed by atoms with Gasteiger partial charge in [0.2, 0.25) is 0 Å². The molecule has 0 fully saturated rings. The standard InChI is InChI=1S/C53H38N4/c1-53(2)47-19-11-18-43(49(47)46-29-20-34(33-54)32-48(46)53)37-23-21-35(22-24-37)41-30-31-42(45-17-10-9-16-44(41)45)36-25-27-40(28-26-36)52-56-50(38-12-5-3-6-13-38)55-51(57-52)39-14-7-4-8-15-39/h3-32,52H,1-2H3,(H,55,56,57). The first-order valence-electron chi connectivity index (χ1n) is 19.4. The number of amidine groups is 2. The van der Waals surface area contributed by atoms with Gasteiger partial charge in [-0.25, -0.2) is 9.98 Å². The number of hydrogen-bond acceptors (Lipinski definition) is 4. The molecular formula is C53H38N4. The number of rotatable bonds is 6. The first-order chi connectivity index (χ1) is 28.0. The van der Waals surface area contributed by atoms with E-state index in [4.69, 9.17) is 9.98 Å². The minimum atomic E-state index is -0.279. The molecule has 0 aromatic heterocycles. The summed E-state index contributed by atoms with van der Waals surface area (Å²) in [5, 5.41) is 15.6. The molecule has 0 amide bonds. The largest absolute Gasteiger partial charge is 0.344 e. The maximum atomic E-state index is 9.62. The number of aliphatic imine (C=N–C) groups is 2. The lowest BCUT2D eigenvalue weighted by Gasteiger charge is -2.24. The van der Waals surface area contributed by atoms with Gasteiger partial charge < -0.3 is 5.32 Å². The lowest BCUT2D eigenvalue weighted by atomic mass is 9.81. The number of fused-ring (bicyclic) bond motifs is 4. The van der Waals surface area contributed by atoms with Crippen LogP contribution >= 0.6 is 0 Å². The molecule has 1 N–H and O–H groups in total. The number of nitrogens with one attached hydrogen (secondary N) is 1. The Morgan fingerprint density at radius 1 is 0.509 bits per heavy atom. The molecule has 1 unspecified atom stereocenters. The smallest absolute Gasteiger partial charge is 0.159 e. The van der Waals surface area contributed by atoms with E-state index in [1.165, 1.54) is 60.8 Å². The highest BCUT2D eigenvalue weighted by Gasteiger charge is 2.37. The van der Waals surface area contributed by atoms with Crippen LogP contribution in [0.2, 0.25) is 0 Å². The maximum Gasteiger partial charge on any atom is 0.159 e. The van der Waals surface area contributed by atoms with Crippen molar-refractivity contribution in [1.29, 1.82) is 5.26 Å². The van der Waals surface area contributed by atoms with Crippen molar-refractivity contribution in [3.8, 4) is 50.6 Å². The zero-order chi connectivity index (χ0) is 38.5. The molecule has 0 radical (unpaired) electrons. The van der Waals surface area contributed by atoms with Crippen molar-refractivity contribution in [1.82, 2.24) is 5.32 Å². The van der Waals surface area contributed by atoms with E-state index in [9.17, 15) is 5.26 Å². The normalized spacial score (nSPS) is 15.1. The van der Waals surface area contributed by atoms with Crippen LogP contribution in [0.1, 0.15) is 53.4 Å². The molecule has 270 valence electrons. The predicted molar refractivity (Wildman–Crippen MR) is 234 cm³/mol. The fourth-order valence-electron chi connectivity index (χ4n) is 8.65. The van der Waals surface area contributed by atoms with Crippen LogP contribution in [-0.2, 0) is 5.41 Å². The quantitative estimate of drug-likeness (QED) is 0.185. The summed E-state index contributed by atoms with van der Waals surface area (Å²) in [5.41, 5.74) is 15.7. The van der Waals surface area contributed by atoms with Gasteiger partial charge in [0.1, 0.15) is 12.0 Å². The van der Waals surface area contributed by atoms with E-state index in [2.05, 4.69) is 165 Å². The third-order valence-corrected chi connectivity index (χ3v) is 11.6. The summed E-state index contributed by atoms with van der Waals surface area (Å²) in [5.74, 6) is 1.53. The summed E-state index contributed by atoms with van der Waals surface area (Å²) < 4.78 is 0. The van der Waals surface area contributed by atoms with Crippen LogP contribution in [0.4, 0.5) is 0 Å². The molecule has 1 aliphatic heterocycles. The second-order valence-electron chi connectivity index (χ2n) is 15.3. The average Bonchev–Trinajstić information content (AvgIpc) is 3.51. The Morgan fingerprint density at radius 2 is 1.07 bits per heavy atom.